The van der Waals surface area contributed by atoms with Crippen LogP contribution in [0.25, 0.3) is 0 Å². The van der Waals surface area contributed by atoms with E-state index in [0.29, 0.717) is 0 Å². The first-order valence-electron chi connectivity index (χ1n) is 8.19. The molecule has 0 fully saturated rings. The van der Waals surface area contributed by atoms with Gasteiger partial charge in [-0.25, -0.2) is 9.18 Å². The summed E-state index contributed by atoms with van der Waals surface area (Å²) in [6.07, 6.45) is -4.61. The lowest BCUT2D eigenvalue weighted by atomic mass is 10.1. The summed E-state index contributed by atoms with van der Waals surface area (Å²) >= 11 is 0. The molecule has 0 saturated carbocycles. The summed E-state index contributed by atoms with van der Waals surface area (Å²) in [7, 11) is 0. The lowest BCUT2D eigenvalue weighted by Crippen LogP contribution is -2.49. The Labute approximate surface area is 159 Å². The van der Waals surface area contributed by atoms with Gasteiger partial charge in [0.05, 0.1) is 6.54 Å². The van der Waals surface area contributed by atoms with Crippen LogP contribution in [0.4, 0.5) is 28.0 Å². The van der Waals surface area contributed by atoms with Crippen molar-refractivity contribution in [3.63, 3.8) is 0 Å². The average Bonchev–Trinajstić information content (AvgIpc) is 2.51. The smallest absolute Gasteiger partial charge is 0.376 e. The second-order valence-corrected chi connectivity index (χ2v) is 7.03. The minimum absolute atomic E-state index is 0.0311. The van der Waals surface area contributed by atoms with Crippen LogP contribution in [-0.2, 0) is 4.79 Å². The van der Waals surface area contributed by atoms with Crippen molar-refractivity contribution < 1.29 is 31.9 Å². The van der Waals surface area contributed by atoms with Crippen LogP contribution in [0.15, 0.2) is 12.1 Å². The van der Waals surface area contributed by atoms with Crippen LogP contribution in [0.1, 0.15) is 36.7 Å². The highest BCUT2D eigenvalue weighted by atomic mass is 19.4. The average molecular weight is 406 g/mol. The second kappa shape index (κ2) is 8.89. The molecule has 1 aromatic carbocycles. The number of anilines is 1. The third-order valence-electron chi connectivity index (χ3n) is 3.24. The van der Waals surface area contributed by atoms with Gasteiger partial charge >= 0.3 is 12.2 Å². The number of halogens is 4. The van der Waals surface area contributed by atoms with Gasteiger partial charge in [-0.2, -0.15) is 13.2 Å². The largest absolute Gasteiger partial charge is 0.405 e. The molecule has 1 aromatic rings. The number of benzene rings is 1. The fourth-order valence-electron chi connectivity index (χ4n) is 1.99. The third-order valence-corrected chi connectivity index (χ3v) is 3.24. The Morgan fingerprint density at radius 1 is 1.07 bits per heavy atom. The topological polar surface area (TPSA) is 99.3 Å². The van der Waals surface area contributed by atoms with Gasteiger partial charge in [0.15, 0.2) is 0 Å². The predicted molar refractivity (Wildman–Crippen MR) is 94.4 cm³/mol. The quantitative estimate of drug-likeness (QED) is 0.565. The highest BCUT2D eigenvalue weighted by Crippen LogP contribution is 2.21. The minimum atomic E-state index is -4.61. The normalized spacial score (nSPS) is 11.6. The maximum absolute atomic E-state index is 14.0. The molecule has 1 rings (SSSR count). The molecule has 0 aromatic heterocycles. The molecule has 0 aliphatic carbocycles. The first kappa shape index (κ1) is 23.2. The molecule has 0 bridgehead atoms. The van der Waals surface area contributed by atoms with Crippen LogP contribution >= 0.6 is 0 Å². The highest BCUT2D eigenvalue weighted by molar-refractivity contribution is 5.97. The Balaban J connectivity index is 2.77. The molecule has 0 radical (unpaired) electrons. The molecule has 0 aliphatic rings. The van der Waals surface area contributed by atoms with Crippen molar-refractivity contribution in [3.05, 3.63) is 29.1 Å². The molecular weight excluding hydrogens is 384 g/mol. The molecule has 7 nitrogen and oxygen atoms in total. The van der Waals surface area contributed by atoms with E-state index in [2.05, 4.69) is 16.0 Å². The van der Waals surface area contributed by atoms with E-state index in [0.717, 1.165) is 12.1 Å². The zero-order chi connectivity index (χ0) is 21.7. The molecule has 4 amide bonds. The van der Waals surface area contributed by atoms with Gasteiger partial charge in [-0.3, -0.25) is 14.9 Å². The van der Waals surface area contributed by atoms with E-state index in [1.165, 1.54) is 6.92 Å². The minimum Gasteiger partial charge on any atom is -0.376 e. The van der Waals surface area contributed by atoms with Gasteiger partial charge in [-0.15, -0.1) is 0 Å². The predicted octanol–water partition coefficient (Wildman–Crippen LogP) is 2.46. The molecule has 0 atom stereocenters. The Bertz CT molecular complexity index is 758. The number of nitrogens with one attached hydrogen (secondary N) is 4. The van der Waals surface area contributed by atoms with E-state index < -0.39 is 48.5 Å². The SMILES string of the molecule is Cc1c(F)cc(C(=O)NCC(F)(F)F)cc1NCC(=O)NC(=O)NC(C)(C)C. The number of imide groups is 1. The lowest BCUT2D eigenvalue weighted by molar-refractivity contribution is -0.123. The zero-order valence-corrected chi connectivity index (χ0v) is 15.8. The number of alkyl halides is 3. The molecule has 4 N–H and O–H groups in total. The lowest BCUT2D eigenvalue weighted by Gasteiger charge is -2.20. The molecule has 11 heteroatoms. The van der Waals surface area contributed by atoms with E-state index in [-0.39, 0.29) is 16.8 Å². The maximum Gasteiger partial charge on any atom is 0.405 e. The number of hydrogen-bond acceptors (Lipinski definition) is 4. The fourth-order valence-corrected chi connectivity index (χ4v) is 1.99. The van der Waals surface area contributed by atoms with Crippen molar-refractivity contribution in [2.45, 2.75) is 39.4 Å². The van der Waals surface area contributed by atoms with E-state index in [9.17, 15) is 31.9 Å². The third kappa shape index (κ3) is 8.23. The fraction of sp³-hybridized carbons (Fsp3) is 0.471. The van der Waals surface area contributed by atoms with E-state index >= 15 is 0 Å². The van der Waals surface area contributed by atoms with E-state index in [1.807, 2.05) is 0 Å². The second-order valence-electron chi connectivity index (χ2n) is 7.03. The van der Waals surface area contributed by atoms with Gasteiger partial charge in [0.2, 0.25) is 5.91 Å². The molecule has 0 spiro atoms. The Morgan fingerprint density at radius 2 is 1.68 bits per heavy atom. The molecule has 0 unspecified atom stereocenters. The van der Waals surface area contributed by atoms with Gasteiger partial charge in [-0.05, 0) is 39.8 Å². The Morgan fingerprint density at radius 3 is 2.21 bits per heavy atom. The molecule has 0 aliphatic heterocycles. The number of hydrogen-bond donors (Lipinski definition) is 4. The van der Waals surface area contributed by atoms with Gasteiger partial charge in [0.1, 0.15) is 12.4 Å². The molecule has 156 valence electrons. The first-order chi connectivity index (χ1) is 12.7. The van der Waals surface area contributed by atoms with Crippen LogP contribution in [0, 0.1) is 12.7 Å². The van der Waals surface area contributed by atoms with Crippen molar-refractivity contribution in [1.29, 1.82) is 0 Å². The Kier molecular flexibility index (Phi) is 7.36. The van der Waals surface area contributed by atoms with Crippen molar-refractivity contribution in [1.82, 2.24) is 16.0 Å². The molecule has 0 heterocycles. The summed E-state index contributed by atoms with van der Waals surface area (Å²) in [5.74, 6) is -2.69. The number of amides is 4. The van der Waals surface area contributed by atoms with Crippen molar-refractivity contribution in [2.75, 3.05) is 18.4 Å². The zero-order valence-electron chi connectivity index (χ0n) is 15.8. The van der Waals surface area contributed by atoms with Crippen LogP contribution in [-0.4, -0.2) is 42.7 Å². The number of carbonyl (C=O) groups excluding carboxylic acids is 3. The monoisotopic (exact) mass is 406 g/mol. The summed E-state index contributed by atoms with van der Waals surface area (Å²) in [6.45, 7) is 4.53. The van der Waals surface area contributed by atoms with Crippen LogP contribution in [0.2, 0.25) is 0 Å². The van der Waals surface area contributed by atoms with Gasteiger partial charge in [0.25, 0.3) is 5.91 Å². The first-order valence-corrected chi connectivity index (χ1v) is 8.19. The molecule has 0 saturated heterocycles. The molecular formula is C17H22F4N4O3. The highest BCUT2D eigenvalue weighted by Gasteiger charge is 2.28. The summed E-state index contributed by atoms with van der Waals surface area (Å²) in [4.78, 5) is 35.2. The summed E-state index contributed by atoms with van der Waals surface area (Å²) in [5, 5.41) is 8.77. The number of rotatable bonds is 5. The van der Waals surface area contributed by atoms with Gasteiger partial charge in [-0.1, -0.05) is 0 Å². The molecule has 28 heavy (non-hydrogen) atoms. The van der Waals surface area contributed by atoms with Crippen molar-refractivity contribution in [2.24, 2.45) is 0 Å². The van der Waals surface area contributed by atoms with E-state index in [1.54, 1.807) is 26.1 Å². The van der Waals surface area contributed by atoms with Crippen LogP contribution in [0.3, 0.4) is 0 Å². The number of carbonyl (C=O) groups is 3. The van der Waals surface area contributed by atoms with Crippen molar-refractivity contribution >= 4 is 23.5 Å². The van der Waals surface area contributed by atoms with Gasteiger partial charge in [0, 0.05) is 22.4 Å². The standard InChI is InChI=1S/C17H22F4N4O3/c1-9-11(18)5-10(14(27)23-8-17(19,20)21)6-12(9)22-7-13(26)24-15(28)25-16(2,3)4/h5-6,22H,7-8H2,1-4H3,(H,23,27)(H2,24,25,26,28). The Hall–Kier alpha value is -2.85. The van der Waals surface area contributed by atoms with Gasteiger partial charge < -0.3 is 16.0 Å². The van der Waals surface area contributed by atoms with Crippen LogP contribution in [0.5, 0.6) is 0 Å². The van der Waals surface area contributed by atoms with Crippen LogP contribution < -0.4 is 21.3 Å². The van der Waals surface area contributed by atoms with E-state index in [4.69, 9.17) is 0 Å². The van der Waals surface area contributed by atoms with Crippen molar-refractivity contribution in [3.8, 4) is 0 Å². The summed E-state index contributed by atoms with van der Waals surface area (Å²) in [5.41, 5.74) is -0.820. The maximum atomic E-state index is 14.0. The number of urea groups is 1. The summed E-state index contributed by atoms with van der Waals surface area (Å²) < 4.78 is 50.6. The summed E-state index contributed by atoms with van der Waals surface area (Å²) in [6, 6.07) is 1.19.